The lowest BCUT2D eigenvalue weighted by Crippen LogP contribution is -2.09. The van der Waals surface area contributed by atoms with Gasteiger partial charge < -0.3 is 4.74 Å². The SMILES string of the molecule is Cc1ccc(C(=O)Oc2ccc([S+](c3ccccc3)c3ccccc3)cc2)cc1.c1cc([S+](c2ccc(C3CCCCCCCCCCC3)cc2)c2ccc(C3CCCCCCCCCCC3)cc2)ccc1C1CCCCCCCCCCC1.c1ccc([S+](c2ccc(C3CCCCCCCCCCC3)cc2)c2ccc(C3CCCCCCCCCCC3)cc2)cc1. The fourth-order valence-corrected chi connectivity index (χ4v) is 27.4. The number of benzene rings is 10. The molecule has 0 aliphatic heterocycles. The number of carbonyl (C=O) groups excluding carboxylic acids is 1. The van der Waals surface area contributed by atoms with Crippen LogP contribution in [0.15, 0.2) is 305 Å². The zero-order valence-corrected chi connectivity index (χ0v) is 81.1. The van der Waals surface area contributed by atoms with E-state index < -0.39 is 0 Å². The average Bonchev–Trinajstić information content (AvgIpc) is 0.787. The maximum Gasteiger partial charge on any atom is 0.343 e. The maximum absolute atomic E-state index is 12.4. The van der Waals surface area contributed by atoms with E-state index >= 15 is 0 Å². The van der Waals surface area contributed by atoms with Crippen LogP contribution in [-0.4, -0.2) is 5.97 Å². The molecule has 10 aromatic carbocycles. The minimum absolute atomic E-state index is 0.0720. The highest BCUT2D eigenvalue weighted by molar-refractivity contribution is 7.97. The van der Waals surface area contributed by atoms with Crippen LogP contribution < -0.4 is 4.74 Å². The molecule has 0 spiro atoms. The van der Waals surface area contributed by atoms with Crippen LogP contribution in [0.1, 0.15) is 426 Å². The summed E-state index contributed by atoms with van der Waals surface area (Å²) in [7, 11) is -0.387. The Kier molecular flexibility index (Phi) is 43.7. The fourth-order valence-electron chi connectivity index (χ4n) is 21.3. The van der Waals surface area contributed by atoms with Gasteiger partial charge in [0.05, 0.1) is 38.2 Å². The Balaban J connectivity index is 0.000000171. The summed E-state index contributed by atoms with van der Waals surface area (Å²) >= 11 is 0. The first-order valence-corrected chi connectivity index (χ1v) is 55.9. The first kappa shape index (κ1) is 97.3. The van der Waals surface area contributed by atoms with E-state index in [4.69, 9.17) is 4.74 Å². The Morgan fingerprint density at radius 1 is 0.189 bits per heavy atom. The van der Waals surface area contributed by atoms with Gasteiger partial charge in [-0.25, -0.2) is 4.79 Å². The van der Waals surface area contributed by atoms with Gasteiger partial charge in [-0.3, -0.25) is 0 Å². The lowest BCUT2D eigenvalue weighted by Gasteiger charge is -2.20. The molecule has 0 radical (unpaired) electrons. The number of hydrogen-bond donors (Lipinski definition) is 0. The Hall–Kier alpha value is -7.28. The lowest BCUT2D eigenvalue weighted by molar-refractivity contribution is 0.0734. The molecule has 5 heteroatoms. The second-order valence-corrected chi connectivity index (χ2v) is 44.8. The van der Waals surface area contributed by atoms with Crippen molar-refractivity contribution >= 4 is 38.7 Å². The summed E-state index contributed by atoms with van der Waals surface area (Å²) in [4.78, 5) is 24.9. The van der Waals surface area contributed by atoms with E-state index in [-0.39, 0.29) is 38.7 Å². The Bertz CT molecular complexity index is 4200. The van der Waals surface area contributed by atoms with Crippen LogP contribution in [-0.2, 0) is 32.7 Å². The molecule has 0 atom stereocenters. The number of rotatable bonds is 16. The minimum Gasteiger partial charge on any atom is -0.423 e. The van der Waals surface area contributed by atoms with Crippen LogP contribution >= 0.6 is 0 Å². The van der Waals surface area contributed by atoms with Crippen LogP contribution in [0.25, 0.3) is 0 Å². The van der Waals surface area contributed by atoms with Gasteiger partial charge in [-0.1, -0.05) is 422 Å². The van der Waals surface area contributed by atoms with Gasteiger partial charge in [-0.2, -0.15) is 0 Å². The second-order valence-electron chi connectivity index (χ2n) is 38.7. The standard InChI is InChI=1S/C54H81S.C42H59S.C26H21O2S/c1-4-10-16-22-28-46(29-23-17-11-5-1)49-34-40-52(41-35-49)55(53-42-36-50(37-43-53)47-30-24-18-12-6-2-7-13-19-25-31-47)54-44-38-51(39-45-54)48-32-26-20-14-8-3-9-15-21-27-33-48;1-3-7-11-16-22-36(23-17-12-8-4-1)38-28-32-41(33-29-38)43(40-26-20-15-21-27-40)42-34-30-39(31-35-42)37-24-18-13-9-5-2-6-10-14-19-25-37;1-20-12-14-21(15-13-20)26(27)28-22-16-18-25(19-17-22)29(23-8-4-2-5-9-23)24-10-6-3-7-11-24/h34-48H,1-33H2;15,20-21,26-37H,1-14,16-19,22-25H2;2-19H,1H3/q3*+1. The molecule has 0 bridgehead atoms. The molecule has 0 heterocycles. The third-order valence-electron chi connectivity index (χ3n) is 29.0. The Morgan fingerprint density at radius 2 is 0.346 bits per heavy atom. The van der Waals surface area contributed by atoms with E-state index in [0.29, 0.717) is 11.3 Å². The number of ether oxygens (including phenoxy) is 1. The van der Waals surface area contributed by atoms with Crippen molar-refractivity contribution in [2.45, 2.75) is 434 Å². The van der Waals surface area contributed by atoms with E-state index in [1.165, 1.54) is 397 Å². The van der Waals surface area contributed by atoms with Crippen molar-refractivity contribution in [3.63, 3.8) is 0 Å². The monoisotopic (exact) mass is 1750 g/mol. The van der Waals surface area contributed by atoms with Crippen molar-refractivity contribution in [3.8, 4) is 5.75 Å². The first-order valence-electron chi connectivity index (χ1n) is 52.2. The normalized spacial score (nSPS) is 18.5. The summed E-state index contributed by atoms with van der Waals surface area (Å²) < 4.78 is 5.55. The molecule has 0 saturated heterocycles. The van der Waals surface area contributed by atoms with Gasteiger partial charge in [0.25, 0.3) is 0 Å². The predicted molar refractivity (Wildman–Crippen MR) is 548 cm³/mol. The molecule has 5 aliphatic rings. The number of esters is 1. The van der Waals surface area contributed by atoms with Crippen LogP contribution in [0.3, 0.4) is 0 Å². The number of hydrogen-bond acceptors (Lipinski definition) is 2. The highest BCUT2D eigenvalue weighted by atomic mass is 32.2. The predicted octanol–water partition coefficient (Wildman–Crippen LogP) is 37.8. The molecule has 5 saturated carbocycles. The molecule has 5 fully saturated rings. The van der Waals surface area contributed by atoms with Crippen LogP contribution in [0.5, 0.6) is 5.75 Å². The average molecular weight is 1760 g/mol. The zero-order chi connectivity index (χ0) is 87.0. The van der Waals surface area contributed by atoms with Gasteiger partial charge in [0, 0.05) is 0 Å². The largest absolute Gasteiger partial charge is 0.423 e. The Morgan fingerprint density at radius 3 is 0.528 bits per heavy atom. The zero-order valence-electron chi connectivity index (χ0n) is 78.6. The molecular formula is C122H161O2S3+3. The Labute approximate surface area is 781 Å². The second kappa shape index (κ2) is 57.1. The molecule has 676 valence electrons. The molecule has 5 aliphatic carbocycles. The van der Waals surface area contributed by atoms with Crippen LogP contribution in [0.2, 0.25) is 0 Å². The van der Waals surface area contributed by atoms with Gasteiger partial charge in [0.15, 0.2) is 44.1 Å². The maximum atomic E-state index is 12.4. The van der Waals surface area contributed by atoms with Crippen molar-refractivity contribution in [3.05, 3.63) is 300 Å². The van der Waals surface area contributed by atoms with E-state index in [2.05, 4.69) is 200 Å². The molecule has 2 nitrogen and oxygen atoms in total. The quantitative estimate of drug-likeness (QED) is 0.0547. The number of aryl methyl sites for hydroxylation is 1. The van der Waals surface area contributed by atoms with Crippen molar-refractivity contribution in [2.75, 3.05) is 0 Å². The highest BCUT2D eigenvalue weighted by Gasteiger charge is 2.34. The molecule has 0 N–H and O–H groups in total. The van der Waals surface area contributed by atoms with E-state index in [9.17, 15) is 4.79 Å². The van der Waals surface area contributed by atoms with Crippen molar-refractivity contribution in [1.82, 2.24) is 0 Å². The minimum atomic E-state index is -0.345. The summed E-state index contributed by atoms with van der Waals surface area (Å²) in [6, 6.07) is 97.8. The number of carbonyl (C=O) groups is 1. The summed E-state index contributed by atoms with van der Waals surface area (Å²) in [5.41, 5.74) is 9.61. The van der Waals surface area contributed by atoms with E-state index in [1.54, 1.807) is 39.9 Å². The fraction of sp³-hybridized carbons (Fsp3) is 0.500. The summed E-state index contributed by atoms with van der Waals surface area (Å²) in [5.74, 6) is 3.85. The van der Waals surface area contributed by atoms with Crippen LogP contribution in [0, 0.1) is 6.92 Å². The third-order valence-corrected chi connectivity index (χ3v) is 35.6. The van der Waals surface area contributed by atoms with Gasteiger partial charge in [0.1, 0.15) is 5.75 Å². The van der Waals surface area contributed by atoms with E-state index in [1.807, 2.05) is 55.5 Å². The van der Waals surface area contributed by atoms with Gasteiger partial charge in [0.2, 0.25) is 0 Å². The molecule has 0 aromatic heterocycles. The molecule has 10 aromatic rings. The van der Waals surface area contributed by atoms with E-state index in [0.717, 1.165) is 35.2 Å². The molecule has 0 amide bonds. The highest BCUT2D eigenvalue weighted by Crippen LogP contribution is 2.42. The summed E-state index contributed by atoms with van der Waals surface area (Å²) in [6.07, 6.45) is 78.0. The first-order chi connectivity index (χ1) is 62.9. The summed E-state index contributed by atoms with van der Waals surface area (Å²) in [5, 5.41) is 0. The van der Waals surface area contributed by atoms with Crippen LogP contribution in [0.4, 0.5) is 0 Å². The third kappa shape index (κ3) is 33.2. The van der Waals surface area contributed by atoms with Gasteiger partial charge in [-0.05, 0) is 262 Å². The molecule has 127 heavy (non-hydrogen) atoms. The summed E-state index contributed by atoms with van der Waals surface area (Å²) in [6.45, 7) is 1.99. The lowest BCUT2D eigenvalue weighted by atomic mass is 9.87. The van der Waals surface area contributed by atoms with Crippen molar-refractivity contribution in [2.24, 2.45) is 0 Å². The molecule has 0 unspecified atom stereocenters. The van der Waals surface area contributed by atoms with Crippen molar-refractivity contribution < 1.29 is 9.53 Å². The van der Waals surface area contributed by atoms with Crippen molar-refractivity contribution in [1.29, 1.82) is 0 Å². The molecular weight excluding hydrogens is 1590 g/mol. The van der Waals surface area contributed by atoms with Gasteiger partial charge >= 0.3 is 5.97 Å². The topological polar surface area (TPSA) is 26.3 Å². The smallest absolute Gasteiger partial charge is 0.343 e. The molecule has 15 rings (SSSR count). The van der Waals surface area contributed by atoms with Gasteiger partial charge in [-0.15, -0.1) is 0 Å².